The molecule has 0 unspecified atom stereocenters. The molecule has 0 aliphatic heterocycles. The molecule has 0 spiro atoms. The van der Waals surface area contributed by atoms with Crippen LogP contribution in [0.4, 0.5) is 0 Å². The summed E-state index contributed by atoms with van der Waals surface area (Å²) in [5.41, 5.74) is 5.56. The van der Waals surface area contributed by atoms with Gasteiger partial charge >= 0.3 is 5.97 Å². The Balaban J connectivity index is 1.07. The lowest BCUT2D eigenvalue weighted by atomic mass is 9.53. The molecule has 2 fully saturated rings. The Bertz CT molecular complexity index is 1360. The third-order valence-electron chi connectivity index (χ3n) is 11.1. The number of carbonyl (C=O) groups is 2. The number of carbonyl (C=O) groups excluding carboxylic acids is 2. The van der Waals surface area contributed by atoms with E-state index >= 15 is 0 Å². The van der Waals surface area contributed by atoms with Crippen LogP contribution in [-0.4, -0.2) is 32.9 Å². The van der Waals surface area contributed by atoms with Crippen molar-refractivity contribution in [2.24, 2.45) is 23.2 Å². The molecule has 5 rings (SSSR count). The Morgan fingerprint density at radius 1 is 0.909 bits per heavy atom. The van der Waals surface area contributed by atoms with Crippen molar-refractivity contribution in [3.05, 3.63) is 52.6 Å². The lowest BCUT2D eigenvalue weighted by Crippen LogP contribution is -2.46. The Morgan fingerprint density at radius 3 is 2.30 bits per heavy atom. The van der Waals surface area contributed by atoms with Gasteiger partial charge in [0.25, 0.3) is 10.1 Å². The van der Waals surface area contributed by atoms with E-state index in [4.69, 9.17) is 8.92 Å². The molecule has 0 saturated heterocycles. The van der Waals surface area contributed by atoms with Crippen molar-refractivity contribution in [2.45, 2.75) is 135 Å². The maximum Gasteiger partial charge on any atom is 0.302 e. The van der Waals surface area contributed by atoms with Crippen LogP contribution in [0.2, 0.25) is 0 Å². The van der Waals surface area contributed by atoms with Crippen LogP contribution in [0.15, 0.2) is 52.0 Å². The number of ketones is 1. The van der Waals surface area contributed by atoms with Gasteiger partial charge in [-0.15, -0.1) is 0 Å². The minimum absolute atomic E-state index is 0.0250. The monoisotopic (exact) mass is 624 g/mol. The Hall–Kier alpha value is -2.25. The zero-order chi connectivity index (χ0) is 31.3. The van der Waals surface area contributed by atoms with Crippen molar-refractivity contribution in [1.29, 1.82) is 0 Å². The summed E-state index contributed by atoms with van der Waals surface area (Å²) >= 11 is 0. The van der Waals surface area contributed by atoms with E-state index in [2.05, 4.69) is 6.92 Å². The second-order valence-electron chi connectivity index (χ2n) is 14.1. The molecule has 1 aromatic rings. The molecule has 5 atom stereocenters. The number of benzene rings is 1. The van der Waals surface area contributed by atoms with Gasteiger partial charge in [0.1, 0.15) is 6.10 Å². The number of aryl methyl sites for hydroxylation is 1. The molecule has 6 nitrogen and oxygen atoms in total. The fourth-order valence-electron chi connectivity index (χ4n) is 8.93. The van der Waals surface area contributed by atoms with E-state index < -0.39 is 10.1 Å². The number of unbranched alkanes of at least 4 members (excludes halogenated alkanes) is 7. The first-order valence-corrected chi connectivity index (χ1v) is 18.6. The largest absolute Gasteiger partial charge is 0.462 e. The third-order valence-corrected chi connectivity index (χ3v) is 12.4. The van der Waals surface area contributed by atoms with E-state index in [1.807, 2.05) is 13.0 Å². The topological polar surface area (TPSA) is 86.7 Å². The van der Waals surface area contributed by atoms with Gasteiger partial charge < -0.3 is 4.74 Å². The average Bonchev–Trinajstić information content (AvgIpc) is 3.30. The summed E-state index contributed by atoms with van der Waals surface area (Å²) in [6, 6.07) is 6.77. The van der Waals surface area contributed by atoms with Crippen LogP contribution in [0, 0.1) is 30.1 Å². The smallest absolute Gasteiger partial charge is 0.302 e. The number of allylic oxidation sites excluding steroid dienone is 4. The molecule has 4 aliphatic carbocycles. The minimum atomic E-state index is -3.67. The number of fused-ring (bicyclic) bond motifs is 4. The zero-order valence-corrected chi connectivity index (χ0v) is 27.9. The molecule has 0 N–H and O–H groups in total. The molecule has 2 saturated carbocycles. The fraction of sp³-hybridized carbons (Fsp3) is 0.676. The number of esters is 1. The molecule has 4 aliphatic rings. The molecular weight excluding hydrogens is 572 g/mol. The fourth-order valence-corrected chi connectivity index (χ4v) is 9.88. The van der Waals surface area contributed by atoms with Gasteiger partial charge in [0.15, 0.2) is 5.78 Å². The number of hydrogen-bond acceptors (Lipinski definition) is 6. The Morgan fingerprint density at radius 2 is 1.59 bits per heavy atom. The molecule has 0 heterocycles. The van der Waals surface area contributed by atoms with Crippen molar-refractivity contribution in [3.8, 4) is 0 Å². The first kappa shape index (κ1) is 33.1. The molecule has 7 heteroatoms. The Labute approximate surface area is 265 Å². The van der Waals surface area contributed by atoms with E-state index in [9.17, 15) is 18.0 Å². The second kappa shape index (κ2) is 14.5. The molecule has 242 valence electrons. The van der Waals surface area contributed by atoms with Gasteiger partial charge in [0.2, 0.25) is 0 Å². The highest BCUT2D eigenvalue weighted by atomic mass is 32.2. The molecule has 1 aromatic carbocycles. The normalized spacial score (nSPS) is 28.2. The van der Waals surface area contributed by atoms with Crippen molar-refractivity contribution >= 4 is 21.9 Å². The highest BCUT2D eigenvalue weighted by Crippen LogP contribution is 2.63. The van der Waals surface area contributed by atoms with Gasteiger partial charge in [0.05, 0.1) is 11.5 Å². The molecule has 44 heavy (non-hydrogen) atoms. The first-order chi connectivity index (χ1) is 21.1. The van der Waals surface area contributed by atoms with Gasteiger partial charge in [-0.3, -0.25) is 13.8 Å². The molecule has 0 bridgehead atoms. The summed E-state index contributed by atoms with van der Waals surface area (Å²) < 4.78 is 35.8. The quantitative estimate of drug-likeness (QED) is 0.117. The van der Waals surface area contributed by atoms with Gasteiger partial charge in [-0.05, 0) is 105 Å². The van der Waals surface area contributed by atoms with Crippen LogP contribution in [0.3, 0.4) is 0 Å². The van der Waals surface area contributed by atoms with Crippen molar-refractivity contribution in [1.82, 2.24) is 0 Å². The van der Waals surface area contributed by atoms with E-state index in [-0.39, 0.29) is 34.8 Å². The van der Waals surface area contributed by atoms with E-state index in [1.54, 1.807) is 36.8 Å². The maximum atomic E-state index is 12.3. The highest BCUT2D eigenvalue weighted by molar-refractivity contribution is 7.86. The van der Waals surface area contributed by atoms with Crippen LogP contribution < -0.4 is 0 Å². The summed E-state index contributed by atoms with van der Waals surface area (Å²) in [6.45, 7) is 6.11. The molecule has 0 radical (unpaired) electrons. The van der Waals surface area contributed by atoms with Crippen molar-refractivity contribution < 1.29 is 26.9 Å². The van der Waals surface area contributed by atoms with Crippen LogP contribution in [0.25, 0.3) is 0 Å². The lowest BCUT2D eigenvalue weighted by Gasteiger charge is -2.52. The third kappa shape index (κ3) is 7.58. The van der Waals surface area contributed by atoms with Crippen molar-refractivity contribution in [2.75, 3.05) is 6.61 Å². The van der Waals surface area contributed by atoms with Crippen molar-refractivity contribution in [3.63, 3.8) is 0 Å². The summed E-state index contributed by atoms with van der Waals surface area (Å²) in [6.07, 6.45) is 18.9. The van der Waals surface area contributed by atoms with Gasteiger partial charge in [0, 0.05) is 18.8 Å². The number of hydrogen-bond donors (Lipinski definition) is 0. The number of ether oxygens (including phenoxy) is 1. The maximum absolute atomic E-state index is 12.3. The SMILES string of the molecule is CC(=O)O[C@H]1CC[C@H]2[C@@H]3CCC4=CC(=O)CCC4=C3[C@@H](CCCCCCCCCCOS(=O)(=O)c3ccc(C)cc3)C[C@]12C. The van der Waals surface area contributed by atoms with Gasteiger partial charge in [-0.2, -0.15) is 8.42 Å². The van der Waals surface area contributed by atoms with Crippen LogP contribution in [-0.2, 0) is 28.6 Å². The molecule has 0 amide bonds. The van der Waals surface area contributed by atoms with Gasteiger partial charge in [-0.25, -0.2) is 0 Å². The first-order valence-electron chi connectivity index (χ1n) is 17.2. The van der Waals surface area contributed by atoms with E-state index in [1.165, 1.54) is 43.3 Å². The average molecular weight is 625 g/mol. The summed E-state index contributed by atoms with van der Waals surface area (Å²) in [5.74, 6) is 1.78. The highest BCUT2D eigenvalue weighted by Gasteiger charge is 2.57. The predicted molar refractivity (Wildman–Crippen MR) is 172 cm³/mol. The van der Waals surface area contributed by atoms with Crippen LogP contribution in [0.5, 0.6) is 0 Å². The lowest BCUT2D eigenvalue weighted by molar-refractivity contribution is -0.154. The predicted octanol–water partition coefficient (Wildman–Crippen LogP) is 8.58. The molecular formula is C37H52O6S. The minimum Gasteiger partial charge on any atom is -0.462 e. The van der Waals surface area contributed by atoms with E-state index in [0.717, 1.165) is 69.8 Å². The second-order valence-corrected chi connectivity index (χ2v) is 15.7. The van der Waals surface area contributed by atoms with Crippen LogP contribution >= 0.6 is 0 Å². The van der Waals surface area contributed by atoms with Crippen LogP contribution in [0.1, 0.15) is 122 Å². The summed E-state index contributed by atoms with van der Waals surface area (Å²) in [5, 5.41) is 0. The molecule has 0 aromatic heterocycles. The standard InChI is InChI=1S/C37H52O6S/c1-26-13-17-31(18-14-26)44(40,41)42-23-11-9-7-5-4-6-8-10-12-29-25-37(3)34(21-22-35(37)43-27(2)38)33-19-15-28-24-30(39)16-20-32(28)36(29)33/h13-14,17-18,24,29,33-35H,4-12,15-16,19-23,25H2,1-3H3/t29-,33-,34-,35-,37-/m0/s1. The van der Waals surface area contributed by atoms with E-state index in [0.29, 0.717) is 24.2 Å². The summed E-state index contributed by atoms with van der Waals surface area (Å²) in [7, 11) is -3.67. The number of rotatable bonds is 14. The summed E-state index contributed by atoms with van der Waals surface area (Å²) in [4.78, 5) is 24.4. The zero-order valence-electron chi connectivity index (χ0n) is 27.1. The Kier molecular flexibility index (Phi) is 10.9. The van der Waals surface area contributed by atoms with Gasteiger partial charge in [-0.1, -0.05) is 75.1 Å².